The van der Waals surface area contributed by atoms with Crippen molar-refractivity contribution in [1.29, 1.82) is 5.26 Å². The number of hydrogen-bond acceptors (Lipinski definition) is 3. The molecule has 0 radical (unpaired) electrons. The van der Waals surface area contributed by atoms with Crippen molar-refractivity contribution >= 4 is 16.3 Å². The number of hydrogen-bond donors (Lipinski definition) is 1. The van der Waals surface area contributed by atoms with Crippen molar-refractivity contribution in [2.75, 3.05) is 0 Å². The normalized spacial score (nSPS) is 12.0. The van der Waals surface area contributed by atoms with Gasteiger partial charge in [0.25, 0.3) is 0 Å². The molecule has 0 aliphatic rings. The zero-order chi connectivity index (χ0) is 11.5. The van der Waals surface area contributed by atoms with Crippen LogP contribution in [0.4, 0.5) is 0 Å². The highest BCUT2D eigenvalue weighted by atomic mass is 16.3. The third kappa shape index (κ3) is 1.61. The Hall–Kier alpha value is -2.34. The summed E-state index contributed by atoms with van der Waals surface area (Å²) in [6, 6.07) is 11.5. The first-order valence-corrected chi connectivity index (χ1v) is 4.88. The predicted molar refractivity (Wildman–Crippen MR) is 62.6 cm³/mol. The molecule has 1 aromatic carbocycles. The second-order valence-electron chi connectivity index (χ2n) is 3.45. The number of aliphatic hydroxyl groups is 1. The molecule has 0 aliphatic heterocycles. The van der Waals surface area contributed by atoms with E-state index in [0.29, 0.717) is 5.69 Å². The number of pyridine rings is 1. The molecule has 2 rings (SSSR count). The van der Waals surface area contributed by atoms with Gasteiger partial charge in [-0.1, -0.05) is 24.3 Å². The van der Waals surface area contributed by atoms with Gasteiger partial charge in [-0.25, -0.2) is 0 Å². The summed E-state index contributed by atoms with van der Waals surface area (Å²) >= 11 is 0. The van der Waals surface area contributed by atoms with Gasteiger partial charge < -0.3 is 5.11 Å². The van der Waals surface area contributed by atoms with E-state index < -0.39 is 0 Å². The molecule has 0 saturated carbocycles. The number of aliphatic hydroxyl groups excluding tert-OH is 1. The first-order valence-electron chi connectivity index (χ1n) is 4.88. The van der Waals surface area contributed by atoms with Crippen LogP contribution < -0.4 is 0 Å². The van der Waals surface area contributed by atoms with Crippen LogP contribution in [0, 0.1) is 11.3 Å². The van der Waals surface area contributed by atoms with Crippen LogP contribution in [0.2, 0.25) is 0 Å². The average molecular weight is 210 g/mol. The Morgan fingerprint density at radius 1 is 1.31 bits per heavy atom. The lowest BCUT2D eigenvalue weighted by molar-refractivity contribution is 0.418. The molecule has 0 fully saturated rings. The van der Waals surface area contributed by atoms with E-state index in [-0.39, 0.29) is 11.3 Å². The predicted octanol–water partition coefficient (Wildman–Crippen LogP) is 3.05. The second-order valence-corrected chi connectivity index (χ2v) is 3.45. The lowest BCUT2D eigenvalue weighted by Crippen LogP contribution is -1.92. The van der Waals surface area contributed by atoms with E-state index in [2.05, 4.69) is 4.98 Å². The number of benzene rings is 1. The molecule has 0 bridgehead atoms. The van der Waals surface area contributed by atoms with Gasteiger partial charge in [0, 0.05) is 11.6 Å². The molecule has 78 valence electrons. The van der Waals surface area contributed by atoms with Crippen molar-refractivity contribution in [2.24, 2.45) is 0 Å². The van der Waals surface area contributed by atoms with Crippen molar-refractivity contribution in [3.05, 3.63) is 48.0 Å². The maximum atomic E-state index is 9.44. The molecule has 0 atom stereocenters. The highest BCUT2D eigenvalue weighted by Crippen LogP contribution is 2.23. The summed E-state index contributed by atoms with van der Waals surface area (Å²) in [6.45, 7) is 1.49. The molecule has 0 aliphatic carbocycles. The maximum absolute atomic E-state index is 9.44. The molecular weight excluding hydrogens is 200 g/mol. The monoisotopic (exact) mass is 210 g/mol. The van der Waals surface area contributed by atoms with Crippen molar-refractivity contribution in [1.82, 2.24) is 4.98 Å². The summed E-state index contributed by atoms with van der Waals surface area (Å²) in [6.07, 6.45) is 1.64. The summed E-state index contributed by atoms with van der Waals surface area (Å²) in [5.74, 6) is -0.00801. The smallest absolute Gasteiger partial charge is 0.115 e. The number of nitriles is 1. The number of aromatic nitrogens is 1. The Labute approximate surface area is 93.3 Å². The van der Waals surface area contributed by atoms with E-state index in [4.69, 9.17) is 5.26 Å². The Kier molecular flexibility index (Phi) is 2.57. The molecule has 0 amide bonds. The summed E-state index contributed by atoms with van der Waals surface area (Å²) in [4.78, 5) is 4.16. The summed E-state index contributed by atoms with van der Waals surface area (Å²) in [7, 11) is 0. The van der Waals surface area contributed by atoms with Gasteiger partial charge in [-0.05, 0) is 18.4 Å². The van der Waals surface area contributed by atoms with Crippen LogP contribution in [0.25, 0.3) is 16.3 Å². The average Bonchev–Trinajstić information content (AvgIpc) is 2.30. The van der Waals surface area contributed by atoms with Gasteiger partial charge in [0.2, 0.25) is 0 Å². The minimum Gasteiger partial charge on any atom is -0.511 e. The van der Waals surface area contributed by atoms with Crippen molar-refractivity contribution in [3.63, 3.8) is 0 Å². The molecule has 0 spiro atoms. The Morgan fingerprint density at radius 3 is 2.75 bits per heavy atom. The Morgan fingerprint density at radius 2 is 2.06 bits per heavy atom. The van der Waals surface area contributed by atoms with Gasteiger partial charge in [0.05, 0.1) is 5.69 Å². The molecule has 3 nitrogen and oxygen atoms in total. The van der Waals surface area contributed by atoms with E-state index in [9.17, 15) is 5.11 Å². The zero-order valence-electron chi connectivity index (χ0n) is 8.81. The number of fused-ring (bicyclic) bond motifs is 1. The fraction of sp³-hybridized carbons (Fsp3) is 0.0769. The van der Waals surface area contributed by atoms with E-state index in [1.807, 2.05) is 36.4 Å². The molecule has 3 heteroatoms. The second kappa shape index (κ2) is 4.03. The zero-order valence-corrected chi connectivity index (χ0v) is 8.81. The van der Waals surface area contributed by atoms with Crippen LogP contribution >= 0.6 is 0 Å². The van der Waals surface area contributed by atoms with E-state index in [0.717, 1.165) is 10.8 Å². The standard InChI is InChI=1S/C13H10N2O/c1-9(16)12(8-14)13-11-5-3-2-4-10(11)6-7-15-13/h2-7,16H,1H3/b12-9+. The van der Waals surface area contributed by atoms with Crippen molar-refractivity contribution in [2.45, 2.75) is 6.92 Å². The Bertz CT molecular complexity index is 599. The minimum absolute atomic E-state index is 0.00801. The third-order valence-electron chi connectivity index (χ3n) is 2.38. The summed E-state index contributed by atoms with van der Waals surface area (Å²) < 4.78 is 0. The van der Waals surface area contributed by atoms with Crippen molar-refractivity contribution in [3.8, 4) is 6.07 Å². The molecule has 16 heavy (non-hydrogen) atoms. The van der Waals surface area contributed by atoms with Crippen LogP contribution in [-0.4, -0.2) is 10.1 Å². The van der Waals surface area contributed by atoms with Crippen LogP contribution in [-0.2, 0) is 0 Å². The molecule has 0 unspecified atom stereocenters. The lowest BCUT2D eigenvalue weighted by atomic mass is 10.0. The lowest BCUT2D eigenvalue weighted by Gasteiger charge is -2.04. The molecule has 1 heterocycles. The van der Waals surface area contributed by atoms with Crippen molar-refractivity contribution < 1.29 is 5.11 Å². The molecule has 1 aromatic heterocycles. The van der Waals surface area contributed by atoms with Crippen LogP contribution in [0.15, 0.2) is 42.3 Å². The fourth-order valence-corrected chi connectivity index (χ4v) is 1.62. The Balaban J connectivity index is 2.81. The fourth-order valence-electron chi connectivity index (χ4n) is 1.62. The number of rotatable bonds is 1. The molecule has 1 N–H and O–H groups in total. The van der Waals surface area contributed by atoms with Crippen LogP contribution in [0.3, 0.4) is 0 Å². The molecule has 0 saturated heterocycles. The topological polar surface area (TPSA) is 56.9 Å². The van der Waals surface area contributed by atoms with Gasteiger partial charge in [0.15, 0.2) is 0 Å². The van der Waals surface area contributed by atoms with Gasteiger partial charge >= 0.3 is 0 Å². The number of nitrogens with zero attached hydrogens (tertiary/aromatic N) is 2. The van der Waals surface area contributed by atoms with E-state index >= 15 is 0 Å². The largest absolute Gasteiger partial charge is 0.511 e. The van der Waals surface area contributed by atoms with Crippen LogP contribution in [0.1, 0.15) is 12.6 Å². The first-order chi connectivity index (χ1) is 7.74. The summed E-state index contributed by atoms with van der Waals surface area (Å²) in [5.41, 5.74) is 0.748. The highest BCUT2D eigenvalue weighted by molar-refractivity contribution is 5.95. The quantitative estimate of drug-likeness (QED) is 0.581. The van der Waals surface area contributed by atoms with Gasteiger partial charge in [-0.3, -0.25) is 4.98 Å². The van der Waals surface area contributed by atoms with E-state index in [1.54, 1.807) is 6.20 Å². The van der Waals surface area contributed by atoms with Gasteiger partial charge in [-0.2, -0.15) is 5.26 Å². The molecular formula is C13H10N2O. The number of allylic oxidation sites excluding steroid dienone is 2. The summed E-state index contributed by atoms with van der Waals surface area (Å²) in [5, 5.41) is 20.3. The highest BCUT2D eigenvalue weighted by Gasteiger charge is 2.09. The minimum atomic E-state index is -0.00801. The van der Waals surface area contributed by atoms with Gasteiger partial charge in [-0.15, -0.1) is 0 Å². The van der Waals surface area contributed by atoms with E-state index in [1.165, 1.54) is 6.92 Å². The van der Waals surface area contributed by atoms with Crippen LogP contribution in [0.5, 0.6) is 0 Å². The first kappa shape index (κ1) is 10.2. The molecule has 2 aromatic rings. The SMILES string of the molecule is C/C(O)=C(/C#N)c1nccc2ccccc12. The third-order valence-corrected chi connectivity index (χ3v) is 2.38. The van der Waals surface area contributed by atoms with Gasteiger partial charge in [0.1, 0.15) is 17.4 Å². The maximum Gasteiger partial charge on any atom is 0.115 e.